The van der Waals surface area contributed by atoms with E-state index >= 15 is 0 Å². The van der Waals surface area contributed by atoms with Crippen LogP contribution in [0.3, 0.4) is 0 Å². The standard InChI is InChI=1S/C10H11BrO4S/c1-15-10(12)5-6-16(13,14)9-4-2-3-8(11)7-9/h2-4,7H,5-6H2,1H3. The maximum Gasteiger partial charge on any atom is 0.306 e. The third-order valence-corrected chi connectivity index (χ3v) is 4.16. The lowest BCUT2D eigenvalue weighted by Gasteiger charge is -2.03. The van der Waals surface area contributed by atoms with Crippen molar-refractivity contribution in [3.05, 3.63) is 28.7 Å². The number of methoxy groups -OCH3 is 1. The van der Waals surface area contributed by atoms with Crippen LogP contribution in [-0.2, 0) is 19.4 Å². The molecule has 0 bridgehead atoms. The van der Waals surface area contributed by atoms with E-state index in [0.29, 0.717) is 4.47 Å². The van der Waals surface area contributed by atoms with Crippen molar-refractivity contribution in [3.8, 4) is 0 Å². The molecule has 0 radical (unpaired) electrons. The van der Waals surface area contributed by atoms with Gasteiger partial charge >= 0.3 is 5.97 Å². The van der Waals surface area contributed by atoms with E-state index in [4.69, 9.17) is 0 Å². The van der Waals surface area contributed by atoms with Gasteiger partial charge in [-0.15, -0.1) is 0 Å². The van der Waals surface area contributed by atoms with Crippen LogP contribution in [0.2, 0.25) is 0 Å². The van der Waals surface area contributed by atoms with Crippen LogP contribution in [-0.4, -0.2) is 27.2 Å². The van der Waals surface area contributed by atoms with Crippen molar-refractivity contribution in [1.82, 2.24) is 0 Å². The maximum atomic E-state index is 11.8. The largest absolute Gasteiger partial charge is 0.469 e. The average molecular weight is 307 g/mol. The first-order valence-electron chi connectivity index (χ1n) is 4.51. The second kappa shape index (κ2) is 5.45. The molecule has 1 aromatic rings. The summed E-state index contributed by atoms with van der Waals surface area (Å²) in [6.45, 7) is 0. The van der Waals surface area contributed by atoms with Gasteiger partial charge in [-0.25, -0.2) is 8.42 Å². The Balaban J connectivity index is 2.82. The van der Waals surface area contributed by atoms with Crippen molar-refractivity contribution in [2.24, 2.45) is 0 Å². The van der Waals surface area contributed by atoms with Crippen molar-refractivity contribution in [3.63, 3.8) is 0 Å². The van der Waals surface area contributed by atoms with E-state index in [9.17, 15) is 13.2 Å². The number of esters is 1. The zero-order chi connectivity index (χ0) is 12.2. The first-order valence-corrected chi connectivity index (χ1v) is 6.95. The number of rotatable bonds is 4. The summed E-state index contributed by atoms with van der Waals surface area (Å²) in [6.07, 6.45) is -0.134. The van der Waals surface area contributed by atoms with Crippen molar-refractivity contribution in [2.75, 3.05) is 12.9 Å². The molecule has 0 N–H and O–H groups in total. The summed E-state index contributed by atoms with van der Waals surface area (Å²) in [7, 11) is -2.19. The highest BCUT2D eigenvalue weighted by molar-refractivity contribution is 9.10. The molecule has 0 heterocycles. The fourth-order valence-electron chi connectivity index (χ4n) is 1.10. The van der Waals surface area contributed by atoms with Crippen molar-refractivity contribution >= 4 is 31.7 Å². The molecule has 4 nitrogen and oxygen atoms in total. The minimum absolute atomic E-state index is 0.134. The van der Waals surface area contributed by atoms with Crippen molar-refractivity contribution in [1.29, 1.82) is 0 Å². The molecule has 1 rings (SSSR count). The Morgan fingerprint density at radius 3 is 2.69 bits per heavy atom. The summed E-state index contributed by atoms with van der Waals surface area (Å²) in [4.78, 5) is 11.1. The minimum Gasteiger partial charge on any atom is -0.469 e. The number of carbonyl (C=O) groups excluding carboxylic acids is 1. The van der Waals surface area contributed by atoms with Crippen LogP contribution in [0.5, 0.6) is 0 Å². The SMILES string of the molecule is COC(=O)CCS(=O)(=O)c1cccc(Br)c1. The second-order valence-electron chi connectivity index (χ2n) is 3.10. The van der Waals surface area contributed by atoms with Gasteiger partial charge in [-0.05, 0) is 18.2 Å². The van der Waals surface area contributed by atoms with Crippen LogP contribution in [0.1, 0.15) is 6.42 Å². The van der Waals surface area contributed by atoms with E-state index < -0.39 is 15.8 Å². The molecule has 1 aromatic carbocycles. The number of ether oxygens (including phenoxy) is 1. The molecule has 0 aromatic heterocycles. The summed E-state index contributed by atoms with van der Waals surface area (Å²) in [6, 6.07) is 6.37. The Bertz CT molecular complexity index is 481. The third kappa shape index (κ3) is 3.61. The molecule has 0 atom stereocenters. The Morgan fingerprint density at radius 2 is 2.12 bits per heavy atom. The summed E-state index contributed by atoms with van der Waals surface area (Å²) in [5.74, 6) is -0.769. The Morgan fingerprint density at radius 1 is 1.44 bits per heavy atom. The van der Waals surface area contributed by atoms with Gasteiger partial charge in [-0.2, -0.15) is 0 Å². The van der Waals surface area contributed by atoms with Gasteiger partial charge < -0.3 is 4.74 Å². The number of benzene rings is 1. The summed E-state index contributed by atoms with van der Waals surface area (Å²) in [5, 5.41) is 0. The molecule has 0 fully saturated rings. The maximum absolute atomic E-state index is 11.8. The zero-order valence-electron chi connectivity index (χ0n) is 8.64. The van der Waals surface area contributed by atoms with Gasteiger partial charge in [0.25, 0.3) is 0 Å². The van der Waals surface area contributed by atoms with Gasteiger partial charge in [-0.3, -0.25) is 4.79 Å². The third-order valence-electron chi connectivity index (χ3n) is 1.96. The van der Waals surface area contributed by atoms with E-state index in [2.05, 4.69) is 20.7 Å². The van der Waals surface area contributed by atoms with Gasteiger partial charge in [0.1, 0.15) is 0 Å². The highest BCUT2D eigenvalue weighted by Crippen LogP contribution is 2.17. The van der Waals surface area contributed by atoms with Crippen LogP contribution in [0, 0.1) is 0 Å². The molecule has 0 aliphatic heterocycles. The zero-order valence-corrected chi connectivity index (χ0v) is 11.0. The van der Waals surface area contributed by atoms with Gasteiger partial charge in [0.05, 0.1) is 24.2 Å². The Kier molecular flexibility index (Phi) is 4.49. The van der Waals surface area contributed by atoms with Crippen LogP contribution in [0.25, 0.3) is 0 Å². The minimum atomic E-state index is -3.42. The highest BCUT2D eigenvalue weighted by Gasteiger charge is 2.16. The summed E-state index contributed by atoms with van der Waals surface area (Å²) >= 11 is 3.19. The highest BCUT2D eigenvalue weighted by atomic mass is 79.9. The predicted molar refractivity (Wildman–Crippen MR) is 62.8 cm³/mol. The normalized spacial score (nSPS) is 11.1. The lowest BCUT2D eigenvalue weighted by molar-refractivity contribution is -0.140. The lowest BCUT2D eigenvalue weighted by atomic mass is 10.4. The van der Waals surface area contributed by atoms with Gasteiger partial charge in [-0.1, -0.05) is 22.0 Å². The van der Waals surface area contributed by atoms with Gasteiger partial charge in [0, 0.05) is 4.47 Å². The molecule has 0 unspecified atom stereocenters. The molecule has 0 amide bonds. The molecule has 0 spiro atoms. The van der Waals surface area contributed by atoms with Gasteiger partial charge in [0.15, 0.2) is 9.84 Å². The van der Waals surface area contributed by atoms with Gasteiger partial charge in [0.2, 0.25) is 0 Å². The number of halogens is 1. The van der Waals surface area contributed by atoms with E-state index in [1.807, 2.05) is 0 Å². The molecule has 88 valence electrons. The summed E-state index contributed by atoms with van der Waals surface area (Å²) in [5.41, 5.74) is 0. The van der Waals surface area contributed by atoms with Crippen molar-refractivity contribution < 1.29 is 17.9 Å². The average Bonchev–Trinajstić information content (AvgIpc) is 2.26. The molecule has 0 aliphatic rings. The lowest BCUT2D eigenvalue weighted by Crippen LogP contribution is -2.12. The topological polar surface area (TPSA) is 60.4 Å². The van der Waals surface area contributed by atoms with E-state index in [-0.39, 0.29) is 17.1 Å². The Labute approximate surface area is 103 Å². The smallest absolute Gasteiger partial charge is 0.306 e. The molecule has 0 saturated heterocycles. The quantitative estimate of drug-likeness (QED) is 0.796. The molecule has 0 aliphatic carbocycles. The first-order chi connectivity index (χ1) is 7.45. The van der Waals surface area contributed by atoms with Crippen LogP contribution >= 0.6 is 15.9 Å². The van der Waals surface area contributed by atoms with Crippen LogP contribution < -0.4 is 0 Å². The fourth-order valence-corrected chi connectivity index (χ4v) is 2.91. The first kappa shape index (κ1) is 13.2. The van der Waals surface area contributed by atoms with Crippen LogP contribution in [0.15, 0.2) is 33.6 Å². The predicted octanol–water partition coefficient (Wildman–Crippen LogP) is 1.79. The van der Waals surface area contributed by atoms with Crippen molar-refractivity contribution in [2.45, 2.75) is 11.3 Å². The number of carbonyl (C=O) groups is 1. The monoisotopic (exact) mass is 306 g/mol. The Hall–Kier alpha value is -0.880. The van der Waals surface area contributed by atoms with E-state index in [1.54, 1.807) is 12.1 Å². The molecular formula is C10H11BrO4S. The number of hydrogen-bond donors (Lipinski definition) is 0. The number of hydrogen-bond acceptors (Lipinski definition) is 4. The number of sulfone groups is 1. The molecule has 6 heteroatoms. The fraction of sp³-hybridized carbons (Fsp3) is 0.300. The van der Waals surface area contributed by atoms with E-state index in [1.165, 1.54) is 19.2 Å². The van der Waals surface area contributed by atoms with E-state index in [0.717, 1.165) is 0 Å². The molecule has 16 heavy (non-hydrogen) atoms. The molecular weight excluding hydrogens is 296 g/mol. The van der Waals surface area contributed by atoms with Crippen LogP contribution in [0.4, 0.5) is 0 Å². The summed E-state index contributed by atoms with van der Waals surface area (Å²) < 4.78 is 28.6. The second-order valence-corrected chi connectivity index (χ2v) is 6.13. The molecule has 0 saturated carbocycles.